The maximum atomic E-state index is 13.1. The highest BCUT2D eigenvalue weighted by atomic mass is 35.5. The zero-order chi connectivity index (χ0) is 16.6. The van der Waals surface area contributed by atoms with Crippen LogP contribution in [0.3, 0.4) is 0 Å². The number of hydrogen-bond acceptors (Lipinski definition) is 4. The van der Waals surface area contributed by atoms with E-state index < -0.39 is 0 Å². The Labute approximate surface area is 138 Å². The molecule has 2 saturated heterocycles. The van der Waals surface area contributed by atoms with Crippen molar-refractivity contribution in [1.29, 1.82) is 0 Å². The molecule has 0 aromatic heterocycles. The molecule has 0 radical (unpaired) electrons. The second kappa shape index (κ2) is 6.55. The molecule has 23 heavy (non-hydrogen) atoms. The fourth-order valence-electron chi connectivity index (χ4n) is 3.32. The number of rotatable bonds is 5. The predicted octanol–water partition coefficient (Wildman–Crippen LogP) is 1.54. The zero-order valence-corrected chi connectivity index (χ0v) is 13.6. The highest BCUT2D eigenvalue weighted by molar-refractivity contribution is 6.31. The van der Waals surface area contributed by atoms with Gasteiger partial charge in [-0.1, -0.05) is 17.7 Å². The number of fused-ring (bicyclic) bond motifs is 1. The number of benzene rings is 1. The number of carbonyl (C=O) groups excluding carboxylic acids is 2. The van der Waals surface area contributed by atoms with E-state index in [9.17, 15) is 14.0 Å². The van der Waals surface area contributed by atoms with E-state index in [0.717, 1.165) is 5.56 Å². The van der Waals surface area contributed by atoms with E-state index in [2.05, 4.69) is 0 Å². The van der Waals surface area contributed by atoms with Crippen LogP contribution in [0.2, 0.25) is 5.02 Å². The minimum Gasteiger partial charge on any atom is -0.383 e. The zero-order valence-electron chi connectivity index (χ0n) is 12.8. The molecule has 7 heteroatoms. The first-order valence-electron chi connectivity index (χ1n) is 7.51. The van der Waals surface area contributed by atoms with Gasteiger partial charge >= 0.3 is 0 Å². The first-order valence-corrected chi connectivity index (χ1v) is 7.89. The highest BCUT2D eigenvalue weighted by Crippen LogP contribution is 2.34. The van der Waals surface area contributed by atoms with Gasteiger partial charge in [-0.25, -0.2) is 4.39 Å². The Kier molecular flexibility index (Phi) is 4.66. The van der Waals surface area contributed by atoms with Crippen LogP contribution in [0.25, 0.3) is 0 Å². The van der Waals surface area contributed by atoms with Crippen LogP contribution in [0.4, 0.5) is 4.39 Å². The number of halogens is 2. The molecule has 2 amide bonds. The summed E-state index contributed by atoms with van der Waals surface area (Å²) < 4.78 is 18.0. The first-order chi connectivity index (χ1) is 11.0. The molecule has 124 valence electrons. The summed E-state index contributed by atoms with van der Waals surface area (Å²) in [5, 5.41) is 0.362. The van der Waals surface area contributed by atoms with Gasteiger partial charge in [-0.2, -0.15) is 0 Å². The fourth-order valence-corrected chi connectivity index (χ4v) is 3.54. The lowest BCUT2D eigenvalue weighted by atomic mass is 10.00. The summed E-state index contributed by atoms with van der Waals surface area (Å²) in [4.78, 5) is 28.1. The number of amides is 2. The summed E-state index contributed by atoms with van der Waals surface area (Å²) in [5.41, 5.74) is 0.796. The molecule has 0 saturated carbocycles. The number of likely N-dealkylation sites (tertiary alicyclic amines) is 2. The van der Waals surface area contributed by atoms with Crippen molar-refractivity contribution in [2.45, 2.75) is 6.54 Å². The van der Waals surface area contributed by atoms with Crippen LogP contribution >= 0.6 is 11.6 Å². The van der Waals surface area contributed by atoms with Crippen molar-refractivity contribution in [2.24, 2.45) is 11.8 Å². The Bertz CT molecular complexity index is 616. The van der Waals surface area contributed by atoms with Gasteiger partial charge in [-0.3, -0.25) is 19.4 Å². The number of imide groups is 1. The van der Waals surface area contributed by atoms with Crippen LogP contribution in [0.5, 0.6) is 0 Å². The Morgan fingerprint density at radius 3 is 2.48 bits per heavy atom. The van der Waals surface area contributed by atoms with E-state index in [1.165, 1.54) is 17.0 Å². The van der Waals surface area contributed by atoms with E-state index in [-0.39, 0.29) is 29.5 Å². The molecule has 2 aliphatic rings. The average molecular weight is 341 g/mol. The van der Waals surface area contributed by atoms with Gasteiger partial charge in [0.05, 0.1) is 25.0 Å². The quantitative estimate of drug-likeness (QED) is 0.763. The Hall–Kier alpha value is -1.50. The van der Waals surface area contributed by atoms with E-state index in [4.69, 9.17) is 16.3 Å². The lowest BCUT2D eigenvalue weighted by Crippen LogP contribution is -2.37. The molecule has 0 aliphatic carbocycles. The number of hydrogen-bond donors (Lipinski definition) is 0. The molecular formula is C16H18ClFN2O3. The van der Waals surface area contributed by atoms with Gasteiger partial charge < -0.3 is 4.74 Å². The van der Waals surface area contributed by atoms with Crippen molar-refractivity contribution in [3.63, 3.8) is 0 Å². The number of methoxy groups -OCH3 is 1. The Balaban J connectivity index is 1.66. The Morgan fingerprint density at radius 1 is 1.26 bits per heavy atom. The highest BCUT2D eigenvalue weighted by Gasteiger charge is 2.51. The minimum atomic E-state index is -0.379. The second-order valence-electron chi connectivity index (χ2n) is 5.96. The average Bonchev–Trinajstić information content (AvgIpc) is 3.01. The number of nitrogens with zero attached hydrogens (tertiary/aromatic N) is 2. The van der Waals surface area contributed by atoms with E-state index in [1.807, 2.05) is 4.90 Å². The summed E-state index contributed by atoms with van der Waals surface area (Å²) in [6.07, 6.45) is 0. The molecule has 1 aromatic rings. The lowest BCUT2D eigenvalue weighted by molar-refractivity contribution is -0.141. The summed E-state index contributed by atoms with van der Waals surface area (Å²) in [6.45, 7) is 2.21. The summed E-state index contributed by atoms with van der Waals surface area (Å²) in [6, 6.07) is 4.28. The fraction of sp³-hybridized carbons (Fsp3) is 0.500. The van der Waals surface area contributed by atoms with Crippen molar-refractivity contribution in [1.82, 2.24) is 9.80 Å². The van der Waals surface area contributed by atoms with Crippen LogP contribution in [0.1, 0.15) is 5.56 Å². The predicted molar refractivity (Wildman–Crippen MR) is 82.3 cm³/mol. The molecule has 2 atom stereocenters. The molecule has 2 fully saturated rings. The Morgan fingerprint density at radius 2 is 1.91 bits per heavy atom. The van der Waals surface area contributed by atoms with Gasteiger partial charge in [-0.05, 0) is 17.7 Å². The monoisotopic (exact) mass is 340 g/mol. The second-order valence-corrected chi connectivity index (χ2v) is 6.37. The van der Waals surface area contributed by atoms with Gasteiger partial charge in [0.2, 0.25) is 11.8 Å². The van der Waals surface area contributed by atoms with Gasteiger partial charge in [0.25, 0.3) is 0 Å². The molecule has 2 aliphatic heterocycles. The molecule has 5 nitrogen and oxygen atoms in total. The molecule has 2 heterocycles. The van der Waals surface area contributed by atoms with Gasteiger partial charge in [0.15, 0.2) is 0 Å². The molecule has 0 spiro atoms. The van der Waals surface area contributed by atoms with Crippen molar-refractivity contribution in [3.8, 4) is 0 Å². The van der Waals surface area contributed by atoms with Crippen molar-refractivity contribution >= 4 is 23.4 Å². The molecular weight excluding hydrogens is 323 g/mol. The van der Waals surface area contributed by atoms with Crippen molar-refractivity contribution < 1.29 is 18.7 Å². The maximum absolute atomic E-state index is 13.1. The SMILES string of the molecule is COCCN1C(=O)[C@H]2CN(Cc3ccc(F)cc3Cl)C[C@H]2C1=O. The van der Waals surface area contributed by atoms with Crippen molar-refractivity contribution in [2.75, 3.05) is 33.4 Å². The molecule has 0 N–H and O–H groups in total. The molecule has 0 unspecified atom stereocenters. The van der Waals surface area contributed by atoms with Crippen molar-refractivity contribution in [3.05, 3.63) is 34.6 Å². The van der Waals surface area contributed by atoms with Crippen LogP contribution in [-0.4, -0.2) is 55.0 Å². The lowest BCUT2D eigenvalue weighted by Gasteiger charge is -2.20. The third kappa shape index (κ3) is 3.11. The summed E-state index contributed by atoms with van der Waals surface area (Å²) in [5.74, 6) is -1.21. The smallest absolute Gasteiger partial charge is 0.234 e. The molecule has 0 bridgehead atoms. The third-order valence-corrected chi connectivity index (χ3v) is 4.84. The van der Waals surface area contributed by atoms with Crippen LogP contribution < -0.4 is 0 Å². The van der Waals surface area contributed by atoms with Crippen LogP contribution in [0.15, 0.2) is 18.2 Å². The first kappa shape index (κ1) is 16.4. The normalized spacial score (nSPS) is 24.6. The molecule has 3 rings (SSSR count). The minimum absolute atomic E-state index is 0.121. The summed E-state index contributed by atoms with van der Waals surface area (Å²) >= 11 is 6.04. The van der Waals surface area contributed by atoms with Crippen LogP contribution in [0, 0.1) is 17.7 Å². The number of ether oxygens (including phenoxy) is 1. The van der Waals surface area contributed by atoms with Gasteiger partial charge in [0.1, 0.15) is 5.82 Å². The van der Waals surface area contributed by atoms with Crippen LogP contribution in [-0.2, 0) is 20.9 Å². The van der Waals surface area contributed by atoms with Gasteiger partial charge in [0, 0.05) is 31.8 Å². The molecule has 1 aromatic carbocycles. The third-order valence-electron chi connectivity index (χ3n) is 4.49. The standard InChI is InChI=1S/C16H18ClFN2O3/c1-23-5-4-20-15(21)12-8-19(9-13(12)16(20)22)7-10-2-3-11(18)6-14(10)17/h2-3,6,12-13H,4-5,7-9H2,1H3/t12-,13+. The maximum Gasteiger partial charge on any atom is 0.234 e. The largest absolute Gasteiger partial charge is 0.383 e. The van der Waals surface area contributed by atoms with E-state index in [1.54, 1.807) is 13.2 Å². The topological polar surface area (TPSA) is 49.9 Å². The summed E-state index contributed by atoms with van der Waals surface area (Å²) in [7, 11) is 1.54. The van der Waals surface area contributed by atoms with E-state index in [0.29, 0.717) is 37.8 Å². The number of carbonyl (C=O) groups is 2. The van der Waals surface area contributed by atoms with E-state index >= 15 is 0 Å². The van der Waals surface area contributed by atoms with Gasteiger partial charge in [-0.15, -0.1) is 0 Å².